The van der Waals surface area contributed by atoms with Gasteiger partial charge in [-0.15, -0.1) is 0 Å². The second-order valence-corrected chi connectivity index (χ2v) is 7.47. The molecule has 6 heteroatoms. The Kier molecular flexibility index (Phi) is 4.36. The first-order chi connectivity index (χ1) is 12.1. The smallest absolute Gasteiger partial charge is 0.227 e. The summed E-state index contributed by atoms with van der Waals surface area (Å²) in [6.07, 6.45) is 5.27. The summed E-state index contributed by atoms with van der Waals surface area (Å²) in [5, 5.41) is 0. The lowest BCUT2D eigenvalue weighted by Gasteiger charge is -2.39. The molecule has 0 unspecified atom stereocenters. The number of hydrogen-bond donors (Lipinski definition) is 0. The Morgan fingerprint density at radius 1 is 1.16 bits per heavy atom. The summed E-state index contributed by atoms with van der Waals surface area (Å²) in [6.45, 7) is 5.82. The van der Waals surface area contributed by atoms with Crippen molar-refractivity contribution in [3.63, 3.8) is 0 Å². The Bertz CT molecular complexity index is 665. The van der Waals surface area contributed by atoms with Gasteiger partial charge in [-0.3, -0.25) is 9.59 Å². The zero-order valence-corrected chi connectivity index (χ0v) is 14.9. The monoisotopic (exact) mass is 342 g/mol. The second-order valence-electron chi connectivity index (χ2n) is 7.47. The van der Waals surface area contributed by atoms with Crippen LogP contribution in [-0.4, -0.2) is 65.4 Å². The summed E-state index contributed by atoms with van der Waals surface area (Å²) in [6, 6.07) is 4.44. The fourth-order valence-electron chi connectivity index (χ4n) is 4.02. The second kappa shape index (κ2) is 6.65. The molecule has 1 atom stereocenters. The quantitative estimate of drug-likeness (QED) is 0.834. The number of pyridine rings is 1. The number of piperidine rings is 1. The molecule has 0 bridgehead atoms. The maximum Gasteiger partial charge on any atom is 0.227 e. The van der Waals surface area contributed by atoms with E-state index in [-0.39, 0.29) is 17.7 Å². The minimum Gasteiger partial charge on any atom is -0.353 e. The van der Waals surface area contributed by atoms with E-state index in [1.807, 2.05) is 22.1 Å². The van der Waals surface area contributed by atoms with Crippen LogP contribution in [0.15, 0.2) is 18.3 Å². The molecule has 3 fully saturated rings. The van der Waals surface area contributed by atoms with Gasteiger partial charge < -0.3 is 14.7 Å². The average molecular weight is 342 g/mol. The van der Waals surface area contributed by atoms with Gasteiger partial charge in [-0.2, -0.15) is 0 Å². The molecule has 0 aromatic carbocycles. The topological polar surface area (TPSA) is 56.8 Å². The lowest BCUT2D eigenvalue weighted by atomic mass is 9.95. The van der Waals surface area contributed by atoms with E-state index < -0.39 is 0 Å². The van der Waals surface area contributed by atoms with Crippen molar-refractivity contribution < 1.29 is 9.59 Å². The molecule has 25 heavy (non-hydrogen) atoms. The van der Waals surface area contributed by atoms with Crippen molar-refractivity contribution in [2.45, 2.75) is 38.6 Å². The predicted molar refractivity (Wildman–Crippen MR) is 95.2 cm³/mol. The summed E-state index contributed by atoms with van der Waals surface area (Å²) in [5.41, 5.74) is 1.17. The number of nitrogens with zero attached hydrogens (tertiary/aromatic N) is 4. The molecule has 0 radical (unpaired) electrons. The maximum atomic E-state index is 12.9. The number of piperazine rings is 1. The van der Waals surface area contributed by atoms with Gasteiger partial charge in [0, 0.05) is 51.4 Å². The first-order valence-electron chi connectivity index (χ1n) is 9.38. The van der Waals surface area contributed by atoms with E-state index in [9.17, 15) is 9.59 Å². The Morgan fingerprint density at radius 2 is 1.92 bits per heavy atom. The van der Waals surface area contributed by atoms with E-state index in [4.69, 9.17) is 0 Å². The maximum absolute atomic E-state index is 12.9. The number of carbonyl (C=O) groups is 2. The molecule has 1 aliphatic carbocycles. The Morgan fingerprint density at radius 3 is 2.60 bits per heavy atom. The van der Waals surface area contributed by atoms with Crippen molar-refractivity contribution in [3.8, 4) is 0 Å². The van der Waals surface area contributed by atoms with E-state index >= 15 is 0 Å². The van der Waals surface area contributed by atoms with E-state index in [0.717, 1.165) is 44.8 Å². The zero-order valence-electron chi connectivity index (χ0n) is 14.9. The largest absolute Gasteiger partial charge is 0.353 e. The highest BCUT2D eigenvalue weighted by molar-refractivity contribution is 5.84. The van der Waals surface area contributed by atoms with Crippen LogP contribution >= 0.6 is 0 Å². The fraction of sp³-hybridized carbons (Fsp3) is 0.632. The lowest BCUT2D eigenvalue weighted by Crippen LogP contribution is -2.53. The van der Waals surface area contributed by atoms with Crippen LogP contribution in [0.5, 0.6) is 0 Å². The van der Waals surface area contributed by atoms with Gasteiger partial charge in [0.2, 0.25) is 11.8 Å². The van der Waals surface area contributed by atoms with E-state index in [0.29, 0.717) is 25.4 Å². The first kappa shape index (κ1) is 16.4. The standard InChI is InChI=1S/C19H26N4O2/c1-14-3-2-8-20-18(14)21-9-11-22(12-10-21)19(25)15-4-7-17(24)23(13-15)16-5-6-16/h2-3,8,15-16H,4-7,9-13H2,1H3/t15-/m1/s1. The molecular weight excluding hydrogens is 316 g/mol. The number of anilines is 1. The molecule has 6 nitrogen and oxygen atoms in total. The molecule has 1 saturated carbocycles. The van der Waals surface area contributed by atoms with Gasteiger partial charge in [0.25, 0.3) is 0 Å². The van der Waals surface area contributed by atoms with Crippen molar-refractivity contribution in [1.82, 2.24) is 14.8 Å². The van der Waals surface area contributed by atoms with Crippen LogP contribution in [0.3, 0.4) is 0 Å². The number of aromatic nitrogens is 1. The molecule has 3 aliphatic rings. The summed E-state index contributed by atoms with van der Waals surface area (Å²) in [5.74, 6) is 1.48. The van der Waals surface area contributed by atoms with Crippen LogP contribution in [0.4, 0.5) is 5.82 Å². The molecule has 3 heterocycles. The molecule has 4 rings (SSSR count). The summed E-state index contributed by atoms with van der Waals surface area (Å²) < 4.78 is 0. The van der Waals surface area contributed by atoms with Gasteiger partial charge in [-0.05, 0) is 37.8 Å². The zero-order chi connectivity index (χ0) is 17.4. The first-order valence-corrected chi connectivity index (χ1v) is 9.38. The van der Waals surface area contributed by atoms with E-state index in [1.165, 1.54) is 5.56 Å². The van der Waals surface area contributed by atoms with Crippen LogP contribution in [0.25, 0.3) is 0 Å². The normalized spacial score (nSPS) is 24.6. The number of hydrogen-bond acceptors (Lipinski definition) is 4. The molecular formula is C19H26N4O2. The molecule has 0 N–H and O–H groups in total. The van der Waals surface area contributed by atoms with Crippen molar-refractivity contribution in [2.24, 2.45) is 5.92 Å². The number of amides is 2. The Labute approximate surface area is 148 Å². The highest BCUT2D eigenvalue weighted by Gasteiger charge is 2.40. The number of aryl methyl sites for hydroxylation is 1. The lowest BCUT2D eigenvalue weighted by molar-refractivity contribution is -0.143. The minimum absolute atomic E-state index is 0.0126. The average Bonchev–Trinajstić information content (AvgIpc) is 3.47. The Hall–Kier alpha value is -2.11. The van der Waals surface area contributed by atoms with E-state index in [2.05, 4.69) is 22.9 Å². The van der Waals surface area contributed by atoms with Crippen LogP contribution < -0.4 is 4.90 Å². The van der Waals surface area contributed by atoms with Crippen LogP contribution in [0.1, 0.15) is 31.2 Å². The van der Waals surface area contributed by atoms with E-state index in [1.54, 1.807) is 0 Å². The molecule has 1 aromatic heterocycles. The van der Waals surface area contributed by atoms with Crippen LogP contribution in [0.2, 0.25) is 0 Å². The molecule has 1 aromatic rings. The number of likely N-dealkylation sites (tertiary alicyclic amines) is 1. The molecule has 0 spiro atoms. The van der Waals surface area contributed by atoms with Crippen molar-refractivity contribution >= 4 is 17.6 Å². The molecule has 134 valence electrons. The van der Waals surface area contributed by atoms with Gasteiger partial charge in [0.15, 0.2) is 0 Å². The molecule has 2 saturated heterocycles. The summed E-state index contributed by atoms with van der Waals surface area (Å²) >= 11 is 0. The minimum atomic E-state index is -0.0126. The highest BCUT2D eigenvalue weighted by atomic mass is 16.2. The Balaban J connectivity index is 1.35. The van der Waals surface area contributed by atoms with Gasteiger partial charge in [-0.25, -0.2) is 4.98 Å². The number of rotatable bonds is 3. The van der Waals surface area contributed by atoms with Gasteiger partial charge in [-0.1, -0.05) is 6.07 Å². The van der Waals surface area contributed by atoms with Crippen LogP contribution in [-0.2, 0) is 9.59 Å². The number of carbonyl (C=O) groups excluding carboxylic acids is 2. The molecule has 2 aliphatic heterocycles. The highest BCUT2D eigenvalue weighted by Crippen LogP contribution is 2.32. The fourth-order valence-corrected chi connectivity index (χ4v) is 4.02. The third-order valence-corrected chi connectivity index (χ3v) is 5.65. The van der Waals surface area contributed by atoms with Crippen LogP contribution in [0, 0.1) is 12.8 Å². The molecule has 2 amide bonds. The summed E-state index contributed by atoms with van der Waals surface area (Å²) in [4.78, 5) is 35.6. The van der Waals surface area contributed by atoms with Crippen molar-refractivity contribution in [1.29, 1.82) is 0 Å². The van der Waals surface area contributed by atoms with Crippen molar-refractivity contribution in [3.05, 3.63) is 23.9 Å². The SMILES string of the molecule is Cc1cccnc1N1CCN(C(=O)[C@@H]2CCC(=O)N(C3CC3)C2)CC1. The third-order valence-electron chi connectivity index (χ3n) is 5.65. The summed E-state index contributed by atoms with van der Waals surface area (Å²) in [7, 11) is 0. The van der Waals surface area contributed by atoms with Gasteiger partial charge in [0.05, 0.1) is 5.92 Å². The van der Waals surface area contributed by atoms with Gasteiger partial charge >= 0.3 is 0 Å². The third kappa shape index (κ3) is 3.34. The van der Waals surface area contributed by atoms with Crippen molar-refractivity contribution in [2.75, 3.05) is 37.6 Å². The predicted octanol–water partition coefficient (Wildman–Crippen LogP) is 1.44. The van der Waals surface area contributed by atoms with Gasteiger partial charge in [0.1, 0.15) is 5.82 Å².